The molecule has 1 aliphatic rings. The summed E-state index contributed by atoms with van der Waals surface area (Å²) in [6.07, 6.45) is 1.02. The predicted octanol–water partition coefficient (Wildman–Crippen LogP) is 3.93. The van der Waals surface area contributed by atoms with Gasteiger partial charge in [0.25, 0.3) is 0 Å². The first-order chi connectivity index (χ1) is 14.6. The first-order valence-corrected chi connectivity index (χ1v) is 10.2. The molecule has 7 nitrogen and oxygen atoms in total. The first kappa shape index (κ1) is 25.2. The lowest BCUT2D eigenvalue weighted by Crippen LogP contribution is -2.44. The van der Waals surface area contributed by atoms with Crippen LogP contribution in [0.1, 0.15) is 12.0 Å². The maximum atomic E-state index is 6.13. The average Bonchev–Trinajstić information content (AvgIpc) is 3.24. The van der Waals surface area contributed by atoms with Crippen molar-refractivity contribution in [2.75, 3.05) is 46.4 Å². The van der Waals surface area contributed by atoms with Crippen LogP contribution in [0, 0.1) is 0 Å². The highest BCUT2D eigenvalue weighted by molar-refractivity contribution is 14.0. The average molecular weight is 561 g/mol. The summed E-state index contributed by atoms with van der Waals surface area (Å²) in [5.74, 6) is 2.60. The molecule has 0 radical (unpaired) electrons. The highest BCUT2D eigenvalue weighted by Crippen LogP contribution is 2.39. The van der Waals surface area contributed by atoms with Crippen molar-refractivity contribution in [3.05, 3.63) is 47.0 Å². The number of hydrogen-bond acceptors (Lipinski definition) is 5. The molecule has 31 heavy (non-hydrogen) atoms. The second kappa shape index (κ2) is 12.1. The Kier molecular flexibility index (Phi) is 9.83. The number of ether oxygens (including phenoxy) is 3. The normalized spacial score (nSPS) is 15.8. The summed E-state index contributed by atoms with van der Waals surface area (Å²) in [6, 6.07) is 12.1. The van der Waals surface area contributed by atoms with Crippen molar-refractivity contribution in [2.45, 2.75) is 19.0 Å². The Hall–Kier alpha value is -2.07. The van der Waals surface area contributed by atoms with E-state index in [9.17, 15) is 0 Å². The minimum Gasteiger partial charge on any atom is -0.493 e. The van der Waals surface area contributed by atoms with Crippen LogP contribution in [0.2, 0.25) is 5.02 Å². The van der Waals surface area contributed by atoms with Crippen LogP contribution in [0.5, 0.6) is 17.2 Å². The van der Waals surface area contributed by atoms with Gasteiger partial charge in [-0.25, -0.2) is 0 Å². The molecule has 9 heteroatoms. The Morgan fingerprint density at radius 2 is 1.90 bits per heavy atom. The molecule has 1 atom stereocenters. The molecule has 0 spiro atoms. The largest absolute Gasteiger partial charge is 0.493 e. The Labute approximate surface area is 206 Å². The number of benzene rings is 2. The van der Waals surface area contributed by atoms with E-state index in [0.717, 1.165) is 41.7 Å². The van der Waals surface area contributed by atoms with E-state index in [1.165, 1.54) is 0 Å². The summed E-state index contributed by atoms with van der Waals surface area (Å²) < 4.78 is 16.4. The summed E-state index contributed by atoms with van der Waals surface area (Å²) in [4.78, 5) is 6.70. The van der Waals surface area contributed by atoms with Crippen molar-refractivity contribution in [1.29, 1.82) is 0 Å². The van der Waals surface area contributed by atoms with E-state index in [-0.39, 0.29) is 24.0 Å². The topological polar surface area (TPSA) is 67.4 Å². The van der Waals surface area contributed by atoms with E-state index in [1.807, 2.05) is 30.3 Å². The predicted molar refractivity (Wildman–Crippen MR) is 137 cm³/mol. The second-order valence-electron chi connectivity index (χ2n) is 6.98. The van der Waals surface area contributed by atoms with Gasteiger partial charge in [-0.1, -0.05) is 17.7 Å². The van der Waals surface area contributed by atoms with E-state index >= 15 is 0 Å². The minimum atomic E-state index is 0. The molecule has 170 valence electrons. The molecule has 3 rings (SSSR count). The van der Waals surface area contributed by atoms with Crippen molar-refractivity contribution in [1.82, 2.24) is 10.6 Å². The molecule has 1 fully saturated rings. The molecule has 1 heterocycles. The Balaban J connectivity index is 0.00000341. The molecule has 2 aromatic rings. The lowest BCUT2D eigenvalue weighted by molar-refractivity contribution is 0.322. The van der Waals surface area contributed by atoms with Gasteiger partial charge in [0.15, 0.2) is 17.5 Å². The molecule has 0 aromatic heterocycles. The third kappa shape index (κ3) is 6.22. The minimum absolute atomic E-state index is 0. The van der Waals surface area contributed by atoms with E-state index in [1.54, 1.807) is 28.4 Å². The van der Waals surface area contributed by atoms with E-state index < -0.39 is 0 Å². The number of rotatable bonds is 7. The van der Waals surface area contributed by atoms with Gasteiger partial charge in [-0.2, -0.15) is 0 Å². The molecule has 2 aromatic carbocycles. The zero-order chi connectivity index (χ0) is 21.5. The fourth-order valence-electron chi connectivity index (χ4n) is 3.65. The summed E-state index contributed by atoms with van der Waals surface area (Å²) in [5.41, 5.74) is 2.09. The summed E-state index contributed by atoms with van der Waals surface area (Å²) in [7, 11) is 6.60. The number of nitrogens with one attached hydrogen (secondary N) is 2. The van der Waals surface area contributed by atoms with Gasteiger partial charge >= 0.3 is 0 Å². The molecular weight excluding hydrogens is 531 g/mol. The number of methoxy groups -OCH3 is 3. The smallest absolute Gasteiger partial charge is 0.203 e. The van der Waals surface area contributed by atoms with Crippen molar-refractivity contribution in [3.8, 4) is 17.2 Å². The van der Waals surface area contributed by atoms with Crippen LogP contribution in [0.3, 0.4) is 0 Å². The Bertz CT molecular complexity index is 897. The van der Waals surface area contributed by atoms with Crippen molar-refractivity contribution < 1.29 is 14.2 Å². The van der Waals surface area contributed by atoms with Crippen LogP contribution in [0.15, 0.2) is 41.4 Å². The summed E-state index contributed by atoms with van der Waals surface area (Å²) in [5, 5.41) is 7.62. The van der Waals surface area contributed by atoms with Gasteiger partial charge in [-0.3, -0.25) is 4.99 Å². The lowest BCUT2D eigenvalue weighted by Gasteiger charge is -2.21. The molecule has 0 aliphatic carbocycles. The SMILES string of the molecule is CN=C(NCc1ccc(OC)c(OC)c1OC)NC1CCN(c2cccc(Cl)c2)C1.I. The summed E-state index contributed by atoms with van der Waals surface area (Å²) >= 11 is 6.13. The van der Waals surface area contributed by atoms with Gasteiger partial charge in [-0.05, 0) is 36.8 Å². The van der Waals surface area contributed by atoms with Gasteiger partial charge in [0, 0.05) is 49.0 Å². The third-order valence-electron chi connectivity index (χ3n) is 5.16. The molecule has 1 unspecified atom stereocenters. The quantitative estimate of drug-likeness (QED) is 0.304. The first-order valence-electron chi connectivity index (χ1n) is 9.85. The number of guanidine groups is 1. The molecule has 0 amide bonds. The van der Waals surface area contributed by atoms with Gasteiger partial charge in [-0.15, -0.1) is 24.0 Å². The molecule has 0 bridgehead atoms. The van der Waals surface area contributed by atoms with Crippen molar-refractivity contribution in [3.63, 3.8) is 0 Å². The zero-order valence-electron chi connectivity index (χ0n) is 18.3. The number of anilines is 1. The maximum Gasteiger partial charge on any atom is 0.203 e. The Morgan fingerprint density at radius 1 is 1.13 bits per heavy atom. The molecule has 2 N–H and O–H groups in total. The fraction of sp³-hybridized carbons (Fsp3) is 0.409. The number of hydrogen-bond donors (Lipinski definition) is 2. The zero-order valence-corrected chi connectivity index (χ0v) is 21.4. The van der Waals surface area contributed by atoms with Crippen LogP contribution in [-0.4, -0.2) is 53.5 Å². The monoisotopic (exact) mass is 560 g/mol. The Morgan fingerprint density at radius 3 is 2.55 bits per heavy atom. The molecule has 1 saturated heterocycles. The van der Waals surface area contributed by atoms with Gasteiger partial charge in [0.05, 0.1) is 21.3 Å². The van der Waals surface area contributed by atoms with Crippen molar-refractivity contribution in [2.24, 2.45) is 4.99 Å². The van der Waals surface area contributed by atoms with E-state index in [0.29, 0.717) is 29.8 Å². The van der Waals surface area contributed by atoms with Gasteiger partial charge < -0.3 is 29.7 Å². The van der Waals surface area contributed by atoms with Crippen molar-refractivity contribution >= 4 is 47.2 Å². The number of halogens is 2. The van der Waals surface area contributed by atoms with E-state index in [2.05, 4.69) is 26.6 Å². The lowest BCUT2D eigenvalue weighted by atomic mass is 10.1. The van der Waals surface area contributed by atoms with E-state index in [4.69, 9.17) is 25.8 Å². The molecular formula is C22H30ClIN4O3. The third-order valence-corrected chi connectivity index (χ3v) is 5.39. The van der Waals surface area contributed by atoms with Crippen LogP contribution >= 0.6 is 35.6 Å². The van der Waals surface area contributed by atoms with Gasteiger partial charge in [0.2, 0.25) is 5.75 Å². The fourth-order valence-corrected chi connectivity index (χ4v) is 3.84. The highest BCUT2D eigenvalue weighted by atomic mass is 127. The van der Waals surface area contributed by atoms with Crippen LogP contribution in [0.4, 0.5) is 5.69 Å². The van der Waals surface area contributed by atoms with Gasteiger partial charge in [0.1, 0.15) is 0 Å². The molecule has 1 aliphatic heterocycles. The standard InChI is InChI=1S/C22H29ClN4O3.HI/c1-24-22(25-13-15-8-9-19(28-2)21(30-4)20(15)29-3)26-17-10-11-27(14-17)18-7-5-6-16(23)12-18;/h5-9,12,17H,10-11,13-14H2,1-4H3,(H2,24,25,26);1H. The van der Waals surface area contributed by atoms with Crippen LogP contribution < -0.4 is 29.7 Å². The van der Waals surface area contributed by atoms with Crippen LogP contribution in [-0.2, 0) is 6.54 Å². The highest BCUT2D eigenvalue weighted by Gasteiger charge is 2.24. The maximum absolute atomic E-state index is 6.13. The number of nitrogens with zero attached hydrogens (tertiary/aromatic N) is 2. The number of aliphatic imine (C=N–C) groups is 1. The molecule has 0 saturated carbocycles. The summed E-state index contributed by atoms with van der Waals surface area (Å²) in [6.45, 7) is 2.40. The second-order valence-corrected chi connectivity index (χ2v) is 7.41. The van der Waals surface area contributed by atoms with Crippen LogP contribution in [0.25, 0.3) is 0 Å².